The quantitative estimate of drug-likeness (QED) is 0.529. The van der Waals surface area contributed by atoms with Crippen molar-refractivity contribution in [3.8, 4) is 11.5 Å². The summed E-state index contributed by atoms with van der Waals surface area (Å²) in [6.45, 7) is 5.08. The normalized spacial score (nSPS) is 10.7. The van der Waals surface area contributed by atoms with E-state index in [2.05, 4.69) is 32.4 Å². The zero-order chi connectivity index (χ0) is 20.8. The number of carbonyl (C=O) groups is 1. The molecule has 3 aromatic rings. The third-order valence-electron chi connectivity index (χ3n) is 4.55. The van der Waals surface area contributed by atoms with Crippen LogP contribution in [0.15, 0.2) is 53.5 Å². The Morgan fingerprint density at radius 1 is 1.17 bits per heavy atom. The number of halogens is 1. The summed E-state index contributed by atoms with van der Waals surface area (Å²) in [5, 5.41) is 2.97. The molecule has 0 fully saturated rings. The highest BCUT2D eigenvalue weighted by molar-refractivity contribution is 9.11. The molecular weight excluding hydrogens is 434 g/mol. The molecule has 3 rings (SSSR count). The fraction of sp³-hybridized carbons (Fsp3) is 0.273. The van der Waals surface area contributed by atoms with E-state index in [0.717, 1.165) is 26.9 Å². The number of methoxy groups -OCH3 is 2. The van der Waals surface area contributed by atoms with Crippen LogP contribution < -0.4 is 14.8 Å². The highest BCUT2D eigenvalue weighted by atomic mass is 79.9. The number of fused-ring (bicyclic) bond motifs is 1. The van der Waals surface area contributed by atoms with Gasteiger partial charge in [-0.25, -0.2) is 4.98 Å². The number of hydrogen-bond donors (Lipinski definition) is 1. The fourth-order valence-corrected chi connectivity index (χ4v) is 3.47. The number of benzene rings is 2. The number of aromatic nitrogens is 2. The van der Waals surface area contributed by atoms with Crippen LogP contribution in [-0.4, -0.2) is 36.2 Å². The molecule has 1 aromatic heterocycles. The summed E-state index contributed by atoms with van der Waals surface area (Å²) in [6, 6.07) is 13.5. The maximum atomic E-state index is 12.4. The van der Waals surface area contributed by atoms with Crippen LogP contribution in [-0.2, 0) is 24.2 Å². The largest absolute Gasteiger partial charge is 0.493 e. The van der Waals surface area contributed by atoms with E-state index in [1.807, 2.05) is 36.4 Å². The Bertz CT molecular complexity index is 1030. The molecule has 1 N–H and O–H groups in total. The summed E-state index contributed by atoms with van der Waals surface area (Å²) in [6.07, 6.45) is 0.904. The van der Waals surface area contributed by atoms with Crippen molar-refractivity contribution >= 4 is 32.9 Å². The van der Waals surface area contributed by atoms with Gasteiger partial charge in [-0.05, 0) is 29.8 Å². The number of allylic oxidation sites excluding steroid dienone is 1. The number of imidazole rings is 1. The highest BCUT2D eigenvalue weighted by Crippen LogP contribution is 2.27. The maximum absolute atomic E-state index is 12.4. The summed E-state index contributed by atoms with van der Waals surface area (Å²) < 4.78 is 13.5. The van der Waals surface area contributed by atoms with Gasteiger partial charge < -0.3 is 19.4 Å². The minimum absolute atomic E-state index is 0.0511. The molecule has 6 nitrogen and oxygen atoms in total. The molecule has 0 unspecified atom stereocenters. The number of para-hydroxylation sites is 2. The molecule has 152 valence electrons. The lowest BCUT2D eigenvalue weighted by Crippen LogP contribution is -2.28. The van der Waals surface area contributed by atoms with Crippen molar-refractivity contribution in [1.82, 2.24) is 14.9 Å². The smallest absolute Gasteiger partial charge is 0.224 e. The summed E-state index contributed by atoms with van der Waals surface area (Å²) in [7, 11) is 3.16. The minimum atomic E-state index is -0.0511. The molecule has 0 saturated heterocycles. The molecule has 0 bridgehead atoms. The average Bonchev–Trinajstić information content (AvgIpc) is 3.04. The van der Waals surface area contributed by atoms with Crippen LogP contribution >= 0.6 is 15.9 Å². The van der Waals surface area contributed by atoms with Crippen molar-refractivity contribution in [3.05, 3.63) is 64.9 Å². The zero-order valence-corrected chi connectivity index (χ0v) is 18.2. The first-order chi connectivity index (χ1) is 14.0. The Kier molecular flexibility index (Phi) is 6.93. The topological polar surface area (TPSA) is 65.4 Å². The van der Waals surface area contributed by atoms with Crippen LogP contribution in [0.25, 0.3) is 11.0 Å². The van der Waals surface area contributed by atoms with E-state index in [-0.39, 0.29) is 12.3 Å². The van der Waals surface area contributed by atoms with Crippen molar-refractivity contribution in [1.29, 1.82) is 0 Å². The second-order valence-electron chi connectivity index (χ2n) is 6.59. The Morgan fingerprint density at radius 3 is 2.66 bits per heavy atom. The molecule has 2 aromatic carbocycles. The number of carbonyl (C=O) groups excluding carboxylic acids is 1. The monoisotopic (exact) mass is 457 g/mol. The summed E-state index contributed by atoms with van der Waals surface area (Å²) in [5.41, 5.74) is 2.86. The molecule has 7 heteroatoms. The molecular formula is C22H24BrN3O3. The Balaban J connectivity index is 1.62. The molecule has 1 heterocycles. The first-order valence-corrected chi connectivity index (χ1v) is 10.1. The average molecular weight is 458 g/mol. The number of nitrogens with one attached hydrogen (secondary N) is 1. The van der Waals surface area contributed by atoms with E-state index >= 15 is 0 Å². The lowest BCUT2D eigenvalue weighted by atomic mass is 10.1. The molecule has 29 heavy (non-hydrogen) atoms. The van der Waals surface area contributed by atoms with Gasteiger partial charge in [0.05, 0.1) is 38.2 Å². The van der Waals surface area contributed by atoms with Crippen LogP contribution in [0.1, 0.15) is 11.4 Å². The number of amides is 1. The van der Waals surface area contributed by atoms with Crippen molar-refractivity contribution < 1.29 is 14.3 Å². The molecule has 0 spiro atoms. The van der Waals surface area contributed by atoms with Gasteiger partial charge in [0, 0.05) is 17.4 Å². The SMILES string of the molecule is C=C(Br)Cn1c(CCNC(=O)Cc2ccc(OC)c(OC)c2)nc2ccccc21. The number of ether oxygens (including phenoxy) is 2. The van der Waals surface area contributed by atoms with Gasteiger partial charge in [0.1, 0.15) is 5.82 Å². The first-order valence-electron chi connectivity index (χ1n) is 9.27. The molecule has 0 atom stereocenters. The molecule has 0 aliphatic carbocycles. The molecule has 1 amide bonds. The van der Waals surface area contributed by atoms with Gasteiger partial charge >= 0.3 is 0 Å². The first kappa shape index (κ1) is 20.9. The second kappa shape index (κ2) is 9.60. The van der Waals surface area contributed by atoms with E-state index in [0.29, 0.717) is 31.0 Å². The van der Waals surface area contributed by atoms with Gasteiger partial charge in [-0.3, -0.25) is 4.79 Å². The fourth-order valence-electron chi connectivity index (χ4n) is 3.22. The van der Waals surface area contributed by atoms with Gasteiger partial charge in [-0.2, -0.15) is 0 Å². The van der Waals surface area contributed by atoms with E-state index in [1.165, 1.54) is 0 Å². The molecule has 0 aliphatic heterocycles. The van der Waals surface area contributed by atoms with Gasteiger partial charge in [-0.15, -0.1) is 0 Å². The lowest BCUT2D eigenvalue weighted by molar-refractivity contribution is -0.120. The second-order valence-corrected chi connectivity index (χ2v) is 7.71. The van der Waals surface area contributed by atoms with Gasteiger partial charge in [0.25, 0.3) is 0 Å². The van der Waals surface area contributed by atoms with Gasteiger partial charge in [0.15, 0.2) is 11.5 Å². The Labute approximate surface area is 178 Å². The molecule has 0 saturated carbocycles. The Morgan fingerprint density at radius 2 is 1.93 bits per heavy atom. The highest BCUT2D eigenvalue weighted by Gasteiger charge is 2.12. The number of hydrogen-bond acceptors (Lipinski definition) is 4. The number of rotatable bonds is 9. The van der Waals surface area contributed by atoms with Crippen LogP contribution in [0.4, 0.5) is 0 Å². The minimum Gasteiger partial charge on any atom is -0.493 e. The summed E-state index contributed by atoms with van der Waals surface area (Å²) >= 11 is 3.43. The third kappa shape index (κ3) is 5.17. The van der Waals surface area contributed by atoms with Crippen LogP contribution in [0, 0.1) is 0 Å². The Hall–Kier alpha value is -2.80. The van der Waals surface area contributed by atoms with E-state index in [9.17, 15) is 4.79 Å². The van der Waals surface area contributed by atoms with Crippen molar-refractivity contribution in [3.63, 3.8) is 0 Å². The van der Waals surface area contributed by atoms with Crippen LogP contribution in [0.5, 0.6) is 11.5 Å². The third-order valence-corrected chi connectivity index (χ3v) is 4.80. The molecule has 0 radical (unpaired) electrons. The van der Waals surface area contributed by atoms with Crippen molar-refractivity contribution in [2.24, 2.45) is 0 Å². The van der Waals surface area contributed by atoms with E-state index < -0.39 is 0 Å². The van der Waals surface area contributed by atoms with E-state index in [1.54, 1.807) is 20.3 Å². The zero-order valence-electron chi connectivity index (χ0n) is 16.6. The van der Waals surface area contributed by atoms with Gasteiger partial charge in [0.2, 0.25) is 5.91 Å². The summed E-state index contributed by atoms with van der Waals surface area (Å²) in [5.74, 6) is 2.12. The molecule has 0 aliphatic rings. The van der Waals surface area contributed by atoms with Crippen LogP contribution in [0.3, 0.4) is 0 Å². The predicted molar refractivity (Wildman–Crippen MR) is 118 cm³/mol. The van der Waals surface area contributed by atoms with Crippen molar-refractivity contribution in [2.45, 2.75) is 19.4 Å². The standard InChI is InChI=1S/C22H24BrN3O3/c1-15(23)14-26-18-7-5-4-6-17(18)25-21(26)10-11-24-22(27)13-16-8-9-19(28-2)20(12-16)29-3/h4-9,12H,1,10-11,13-14H2,2-3H3,(H,24,27). The number of nitrogens with zero attached hydrogens (tertiary/aromatic N) is 2. The predicted octanol–water partition coefficient (Wildman–Crippen LogP) is 3.86. The van der Waals surface area contributed by atoms with Crippen LogP contribution in [0.2, 0.25) is 0 Å². The maximum Gasteiger partial charge on any atom is 0.224 e. The van der Waals surface area contributed by atoms with Gasteiger partial charge in [-0.1, -0.05) is 40.7 Å². The summed E-state index contributed by atoms with van der Waals surface area (Å²) in [4.78, 5) is 17.1. The van der Waals surface area contributed by atoms with Crippen molar-refractivity contribution in [2.75, 3.05) is 20.8 Å². The van der Waals surface area contributed by atoms with E-state index in [4.69, 9.17) is 14.5 Å². The lowest BCUT2D eigenvalue weighted by Gasteiger charge is -2.11.